The fraction of sp³-hybridized carbons (Fsp3) is 0.647. The van der Waals surface area contributed by atoms with Gasteiger partial charge in [-0.1, -0.05) is 32.0 Å². The first kappa shape index (κ1) is 14.5. The Balaban J connectivity index is 1.88. The van der Waals surface area contributed by atoms with Crippen molar-refractivity contribution in [3.63, 3.8) is 0 Å². The van der Waals surface area contributed by atoms with E-state index in [-0.39, 0.29) is 0 Å². The molecule has 3 atom stereocenters. The van der Waals surface area contributed by atoms with Gasteiger partial charge >= 0.3 is 0 Å². The minimum atomic E-state index is 0.444. The van der Waals surface area contributed by atoms with E-state index in [2.05, 4.69) is 39.0 Å². The molecular formula is C17H27NO. The van der Waals surface area contributed by atoms with Crippen molar-refractivity contribution >= 4 is 0 Å². The molecular weight excluding hydrogens is 234 g/mol. The van der Waals surface area contributed by atoms with Crippen LogP contribution in [0.4, 0.5) is 0 Å². The molecule has 0 spiro atoms. The van der Waals surface area contributed by atoms with Crippen molar-refractivity contribution in [3.8, 4) is 0 Å². The Labute approximate surface area is 117 Å². The van der Waals surface area contributed by atoms with Gasteiger partial charge in [0.05, 0.1) is 12.7 Å². The van der Waals surface area contributed by atoms with E-state index in [1.807, 2.05) is 0 Å². The maximum Gasteiger partial charge on any atom is 0.0723 e. The summed E-state index contributed by atoms with van der Waals surface area (Å²) in [5.74, 6) is 1.64. The van der Waals surface area contributed by atoms with Crippen LogP contribution < -0.4 is 5.73 Å². The molecule has 0 aliphatic heterocycles. The number of aryl methyl sites for hydroxylation is 1. The van der Waals surface area contributed by atoms with Crippen molar-refractivity contribution in [2.24, 2.45) is 17.6 Å². The second-order valence-corrected chi connectivity index (χ2v) is 6.17. The average Bonchev–Trinajstić information content (AvgIpc) is 2.41. The van der Waals surface area contributed by atoms with Gasteiger partial charge in [-0.15, -0.1) is 0 Å². The topological polar surface area (TPSA) is 35.2 Å². The van der Waals surface area contributed by atoms with Crippen molar-refractivity contribution in [2.45, 2.75) is 59.3 Å². The van der Waals surface area contributed by atoms with Crippen molar-refractivity contribution in [1.82, 2.24) is 0 Å². The summed E-state index contributed by atoms with van der Waals surface area (Å²) in [6, 6.07) is 6.44. The average molecular weight is 261 g/mol. The van der Waals surface area contributed by atoms with Crippen molar-refractivity contribution in [1.29, 1.82) is 0 Å². The van der Waals surface area contributed by atoms with Gasteiger partial charge in [-0.3, -0.25) is 0 Å². The minimum Gasteiger partial charge on any atom is -0.374 e. The largest absolute Gasteiger partial charge is 0.374 e. The molecule has 1 saturated carbocycles. The SMILES string of the molecule is Cc1cc(CN)ccc1COC1CCC(C)C(C)C1. The van der Waals surface area contributed by atoms with Crippen LogP contribution in [0.2, 0.25) is 0 Å². The van der Waals surface area contributed by atoms with Gasteiger partial charge in [0, 0.05) is 6.54 Å². The quantitative estimate of drug-likeness (QED) is 0.895. The van der Waals surface area contributed by atoms with Crippen LogP contribution in [0.5, 0.6) is 0 Å². The van der Waals surface area contributed by atoms with Gasteiger partial charge in [-0.05, 0) is 54.7 Å². The maximum atomic E-state index is 6.11. The third-order valence-corrected chi connectivity index (χ3v) is 4.67. The Morgan fingerprint density at radius 3 is 2.63 bits per heavy atom. The van der Waals surface area contributed by atoms with Crippen LogP contribution in [0.15, 0.2) is 18.2 Å². The van der Waals surface area contributed by atoms with Crippen molar-refractivity contribution in [3.05, 3.63) is 34.9 Å². The predicted molar refractivity (Wildman–Crippen MR) is 79.8 cm³/mol. The van der Waals surface area contributed by atoms with Gasteiger partial charge in [-0.2, -0.15) is 0 Å². The van der Waals surface area contributed by atoms with Crippen LogP contribution in [0.25, 0.3) is 0 Å². The van der Waals surface area contributed by atoms with E-state index in [0.717, 1.165) is 18.4 Å². The standard InChI is InChI=1S/C17H27NO/c1-12-4-7-17(9-13(12)2)19-11-16-6-5-15(10-18)8-14(16)3/h5-6,8,12-13,17H,4,7,9-11,18H2,1-3H3. The zero-order valence-electron chi connectivity index (χ0n) is 12.5. The zero-order valence-corrected chi connectivity index (χ0v) is 12.5. The number of nitrogens with two attached hydrogens (primary N) is 1. The summed E-state index contributed by atoms with van der Waals surface area (Å²) in [6.07, 6.45) is 4.17. The summed E-state index contributed by atoms with van der Waals surface area (Å²) in [7, 11) is 0. The van der Waals surface area contributed by atoms with Gasteiger partial charge < -0.3 is 10.5 Å². The molecule has 0 aromatic heterocycles. The smallest absolute Gasteiger partial charge is 0.0723 e. The van der Waals surface area contributed by atoms with E-state index in [1.165, 1.54) is 36.0 Å². The van der Waals surface area contributed by atoms with Crippen LogP contribution in [0, 0.1) is 18.8 Å². The molecule has 1 aliphatic carbocycles. The summed E-state index contributed by atoms with van der Waals surface area (Å²) in [5.41, 5.74) is 9.44. The van der Waals surface area contributed by atoms with Crippen LogP contribution >= 0.6 is 0 Å². The third kappa shape index (κ3) is 3.80. The van der Waals surface area contributed by atoms with Gasteiger partial charge in [0.1, 0.15) is 0 Å². The molecule has 106 valence electrons. The van der Waals surface area contributed by atoms with Crippen LogP contribution in [-0.4, -0.2) is 6.10 Å². The number of benzene rings is 1. The molecule has 19 heavy (non-hydrogen) atoms. The lowest BCUT2D eigenvalue weighted by atomic mass is 9.80. The van der Waals surface area contributed by atoms with Gasteiger partial charge in [0.25, 0.3) is 0 Å². The Hall–Kier alpha value is -0.860. The highest BCUT2D eigenvalue weighted by Crippen LogP contribution is 2.31. The maximum absolute atomic E-state index is 6.11. The minimum absolute atomic E-state index is 0.444. The highest BCUT2D eigenvalue weighted by atomic mass is 16.5. The number of hydrogen-bond acceptors (Lipinski definition) is 2. The molecule has 1 aliphatic rings. The number of rotatable bonds is 4. The Morgan fingerprint density at radius 2 is 2.00 bits per heavy atom. The summed E-state index contributed by atoms with van der Waals surface area (Å²) >= 11 is 0. The Morgan fingerprint density at radius 1 is 1.21 bits per heavy atom. The molecule has 1 aromatic rings. The van der Waals surface area contributed by atoms with E-state index in [4.69, 9.17) is 10.5 Å². The first-order chi connectivity index (χ1) is 9.10. The van der Waals surface area contributed by atoms with Gasteiger partial charge in [0.15, 0.2) is 0 Å². The first-order valence-electron chi connectivity index (χ1n) is 7.50. The number of hydrogen-bond donors (Lipinski definition) is 1. The van der Waals surface area contributed by atoms with E-state index < -0.39 is 0 Å². The molecule has 0 amide bonds. The molecule has 2 nitrogen and oxygen atoms in total. The molecule has 0 saturated heterocycles. The molecule has 3 unspecified atom stereocenters. The van der Waals surface area contributed by atoms with E-state index >= 15 is 0 Å². The first-order valence-corrected chi connectivity index (χ1v) is 7.50. The van der Waals surface area contributed by atoms with Crippen molar-refractivity contribution in [2.75, 3.05) is 0 Å². The van der Waals surface area contributed by atoms with Crippen LogP contribution in [0.3, 0.4) is 0 Å². The second-order valence-electron chi connectivity index (χ2n) is 6.17. The second kappa shape index (κ2) is 6.53. The monoisotopic (exact) mass is 261 g/mol. The van der Waals surface area contributed by atoms with E-state index in [0.29, 0.717) is 12.6 Å². The molecule has 1 aromatic carbocycles. The molecule has 1 fully saturated rings. The van der Waals surface area contributed by atoms with Crippen LogP contribution in [-0.2, 0) is 17.9 Å². The predicted octanol–water partition coefficient (Wildman–Crippen LogP) is 3.80. The summed E-state index contributed by atoms with van der Waals surface area (Å²) in [4.78, 5) is 0. The molecule has 0 heterocycles. The molecule has 0 radical (unpaired) electrons. The Kier molecular flexibility index (Phi) is 5.00. The Bertz CT molecular complexity index is 416. The molecule has 2 heteroatoms. The number of ether oxygens (including phenoxy) is 1. The lowest BCUT2D eigenvalue weighted by molar-refractivity contribution is -0.00763. The molecule has 2 rings (SSSR count). The normalized spacial score (nSPS) is 27.5. The summed E-state index contributed by atoms with van der Waals surface area (Å²) in [6.45, 7) is 8.20. The third-order valence-electron chi connectivity index (χ3n) is 4.67. The van der Waals surface area contributed by atoms with Gasteiger partial charge in [-0.25, -0.2) is 0 Å². The van der Waals surface area contributed by atoms with Crippen LogP contribution in [0.1, 0.15) is 49.8 Å². The van der Waals surface area contributed by atoms with E-state index in [9.17, 15) is 0 Å². The lowest BCUT2D eigenvalue weighted by Crippen LogP contribution is -2.26. The zero-order chi connectivity index (χ0) is 13.8. The fourth-order valence-corrected chi connectivity index (χ4v) is 2.90. The molecule has 0 bridgehead atoms. The summed E-state index contributed by atoms with van der Waals surface area (Å²) in [5, 5.41) is 0. The lowest BCUT2D eigenvalue weighted by Gasteiger charge is -2.32. The van der Waals surface area contributed by atoms with Crippen molar-refractivity contribution < 1.29 is 4.74 Å². The molecule has 2 N–H and O–H groups in total. The highest BCUT2D eigenvalue weighted by molar-refractivity contribution is 5.30. The van der Waals surface area contributed by atoms with E-state index in [1.54, 1.807) is 0 Å². The summed E-state index contributed by atoms with van der Waals surface area (Å²) < 4.78 is 6.11. The highest BCUT2D eigenvalue weighted by Gasteiger charge is 2.24. The van der Waals surface area contributed by atoms with Gasteiger partial charge in [0.2, 0.25) is 0 Å². The fourth-order valence-electron chi connectivity index (χ4n) is 2.90.